The Balaban J connectivity index is 2.26. The Labute approximate surface area is 107 Å². The molecule has 0 saturated carbocycles. The number of benzene rings is 2. The van der Waals surface area contributed by atoms with Gasteiger partial charge in [0.05, 0.1) is 5.56 Å². The van der Waals surface area contributed by atoms with Gasteiger partial charge < -0.3 is 0 Å². The predicted molar refractivity (Wildman–Crippen MR) is 63.5 cm³/mol. The van der Waals surface area contributed by atoms with Crippen LogP contribution in [0.25, 0.3) is 5.57 Å². The lowest BCUT2D eigenvalue weighted by molar-refractivity contribution is 0.450. The molecule has 0 spiro atoms. The minimum absolute atomic E-state index is 0.198. The fraction of sp³-hybridized carbons (Fsp3) is 0.0667. The minimum atomic E-state index is -1.39. The average molecular weight is 264 g/mol. The number of allylic oxidation sites excluding steroid dienone is 1. The highest BCUT2D eigenvalue weighted by atomic mass is 19.2. The second kappa shape index (κ2) is 4.23. The van der Waals surface area contributed by atoms with Crippen LogP contribution in [0.1, 0.15) is 16.7 Å². The third-order valence-corrected chi connectivity index (χ3v) is 3.21. The van der Waals surface area contributed by atoms with Crippen LogP contribution in [0.2, 0.25) is 0 Å². The molecular formula is C15H8F4. The second-order valence-corrected chi connectivity index (χ2v) is 4.32. The van der Waals surface area contributed by atoms with E-state index in [1.807, 2.05) is 6.07 Å². The first-order chi connectivity index (χ1) is 9.09. The van der Waals surface area contributed by atoms with Crippen molar-refractivity contribution in [1.82, 2.24) is 0 Å². The van der Waals surface area contributed by atoms with Crippen molar-refractivity contribution in [3.63, 3.8) is 0 Å². The first-order valence-corrected chi connectivity index (χ1v) is 5.71. The Kier molecular flexibility index (Phi) is 2.66. The predicted octanol–water partition coefficient (Wildman–Crippen LogP) is 4.23. The lowest BCUT2D eigenvalue weighted by Crippen LogP contribution is -2.02. The van der Waals surface area contributed by atoms with Crippen LogP contribution in [0, 0.1) is 23.3 Å². The Morgan fingerprint density at radius 1 is 0.842 bits per heavy atom. The number of halogens is 4. The van der Waals surface area contributed by atoms with Gasteiger partial charge in [0.25, 0.3) is 0 Å². The van der Waals surface area contributed by atoms with Crippen molar-refractivity contribution in [2.45, 2.75) is 6.42 Å². The van der Waals surface area contributed by atoms with Gasteiger partial charge in [0.1, 0.15) is 0 Å². The molecule has 2 aromatic carbocycles. The molecule has 0 heterocycles. The van der Waals surface area contributed by atoms with Crippen LogP contribution in [0.15, 0.2) is 36.4 Å². The molecule has 19 heavy (non-hydrogen) atoms. The second-order valence-electron chi connectivity index (χ2n) is 4.32. The number of fused-ring (bicyclic) bond motifs is 1. The summed E-state index contributed by atoms with van der Waals surface area (Å²) in [6.07, 6.45) is 2.06. The van der Waals surface area contributed by atoms with Gasteiger partial charge in [-0.15, -0.1) is 0 Å². The van der Waals surface area contributed by atoms with E-state index >= 15 is 0 Å². The SMILES string of the molecule is Fc1cc(F)c(F)c(C2=CCc3ccccc32)c1F. The van der Waals surface area contributed by atoms with Gasteiger partial charge >= 0.3 is 0 Å². The minimum Gasteiger partial charge on any atom is -0.204 e. The van der Waals surface area contributed by atoms with Crippen LogP contribution in [0.3, 0.4) is 0 Å². The summed E-state index contributed by atoms with van der Waals surface area (Å²) >= 11 is 0. The summed E-state index contributed by atoms with van der Waals surface area (Å²) in [7, 11) is 0. The molecule has 0 bridgehead atoms. The molecule has 0 amide bonds. The van der Waals surface area contributed by atoms with E-state index in [0.717, 1.165) is 5.56 Å². The molecule has 3 rings (SSSR count). The molecule has 1 aliphatic carbocycles. The van der Waals surface area contributed by atoms with Crippen molar-refractivity contribution >= 4 is 5.57 Å². The molecule has 4 heteroatoms. The smallest absolute Gasteiger partial charge is 0.169 e. The summed E-state index contributed by atoms with van der Waals surface area (Å²) in [5.41, 5.74) is 1.04. The lowest BCUT2D eigenvalue weighted by Gasteiger charge is -2.10. The van der Waals surface area contributed by atoms with Gasteiger partial charge in [-0.25, -0.2) is 17.6 Å². The van der Waals surface area contributed by atoms with E-state index in [4.69, 9.17) is 0 Å². The Hall–Kier alpha value is -2.10. The van der Waals surface area contributed by atoms with E-state index in [0.29, 0.717) is 12.0 Å². The first kappa shape index (κ1) is 12.0. The molecule has 2 aromatic rings. The molecule has 0 fully saturated rings. The van der Waals surface area contributed by atoms with Crippen molar-refractivity contribution in [3.05, 3.63) is 76.4 Å². The van der Waals surface area contributed by atoms with Gasteiger partial charge in [-0.05, 0) is 23.1 Å². The zero-order valence-corrected chi connectivity index (χ0v) is 9.68. The van der Waals surface area contributed by atoms with Crippen molar-refractivity contribution in [2.24, 2.45) is 0 Å². The zero-order valence-electron chi connectivity index (χ0n) is 9.68. The average Bonchev–Trinajstić information content (AvgIpc) is 2.81. The Bertz CT molecular complexity index is 675. The van der Waals surface area contributed by atoms with E-state index in [2.05, 4.69) is 0 Å². The number of hydrogen-bond acceptors (Lipinski definition) is 0. The highest BCUT2D eigenvalue weighted by Crippen LogP contribution is 2.36. The van der Waals surface area contributed by atoms with E-state index < -0.39 is 28.8 Å². The normalized spacial score (nSPS) is 13.4. The van der Waals surface area contributed by atoms with Gasteiger partial charge in [-0.1, -0.05) is 30.3 Å². The van der Waals surface area contributed by atoms with E-state index in [9.17, 15) is 17.6 Å². The van der Waals surface area contributed by atoms with Crippen LogP contribution in [-0.4, -0.2) is 0 Å². The highest BCUT2D eigenvalue weighted by molar-refractivity contribution is 5.85. The van der Waals surface area contributed by atoms with E-state index in [-0.39, 0.29) is 11.6 Å². The molecule has 0 radical (unpaired) electrons. The molecule has 0 atom stereocenters. The molecule has 0 N–H and O–H groups in total. The third-order valence-electron chi connectivity index (χ3n) is 3.21. The van der Waals surface area contributed by atoms with Gasteiger partial charge in [-0.2, -0.15) is 0 Å². The fourth-order valence-electron chi connectivity index (χ4n) is 2.33. The van der Waals surface area contributed by atoms with Crippen molar-refractivity contribution in [2.75, 3.05) is 0 Å². The maximum absolute atomic E-state index is 13.8. The van der Waals surface area contributed by atoms with Crippen LogP contribution < -0.4 is 0 Å². The fourth-order valence-corrected chi connectivity index (χ4v) is 2.33. The van der Waals surface area contributed by atoms with Gasteiger partial charge in [-0.3, -0.25) is 0 Å². The summed E-state index contributed by atoms with van der Waals surface area (Å²) in [6, 6.07) is 7.22. The molecule has 1 aliphatic rings. The molecule has 0 saturated heterocycles. The van der Waals surface area contributed by atoms with Crippen LogP contribution in [-0.2, 0) is 6.42 Å². The highest BCUT2D eigenvalue weighted by Gasteiger charge is 2.25. The molecular weight excluding hydrogens is 256 g/mol. The monoisotopic (exact) mass is 264 g/mol. The van der Waals surface area contributed by atoms with Crippen molar-refractivity contribution in [1.29, 1.82) is 0 Å². The topological polar surface area (TPSA) is 0 Å². The van der Waals surface area contributed by atoms with Crippen LogP contribution in [0.4, 0.5) is 17.6 Å². The van der Waals surface area contributed by atoms with E-state index in [1.165, 1.54) is 0 Å². The molecule has 96 valence electrons. The van der Waals surface area contributed by atoms with E-state index in [1.54, 1.807) is 24.3 Å². The van der Waals surface area contributed by atoms with Gasteiger partial charge in [0.15, 0.2) is 23.3 Å². The Morgan fingerprint density at radius 3 is 2.16 bits per heavy atom. The lowest BCUT2D eigenvalue weighted by atomic mass is 9.98. The zero-order chi connectivity index (χ0) is 13.6. The molecule has 0 unspecified atom stereocenters. The molecule has 0 nitrogen and oxygen atoms in total. The largest absolute Gasteiger partial charge is 0.204 e. The van der Waals surface area contributed by atoms with Crippen LogP contribution in [0.5, 0.6) is 0 Å². The number of rotatable bonds is 1. The van der Waals surface area contributed by atoms with Crippen molar-refractivity contribution < 1.29 is 17.6 Å². The van der Waals surface area contributed by atoms with Crippen LogP contribution >= 0.6 is 0 Å². The van der Waals surface area contributed by atoms with Gasteiger partial charge in [0, 0.05) is 6.07 Å². The quantitative estimate of drug-likeness (QED) is 0.534. The first-order valence-electron chi connectivity index (χ1n) is 5.71. The molecule has 0 aliphatic heterocycles. The summed E-state index contributed by atoms with van der Waals surface area (Å²) in [6.45, 7) is 0. The standard InChI is InChI=1S/C15H8F4/c16-11-7-12(17)15(19)13(14(11)18)10-6-5-8-3-1-2-4-9(8)10/h1-4,6-7H,5H2. The third kappa shape index (κ3) is 1.75. The van der Waals surface area contributed by atoms with Gasteiger partial charge in [0.2, 0.25) is 0 Å². The maximum Gasteiger partial charge on any atom is 0.169 e. The van der Waals surface area contributed by atoms with Crippen molar-refractivity contribution in [3.8, 4) is 0 Å². The summed E-state index contributed by atoms with van der Waals surface area (Å²) in [4.78, 5) is 0. The number of hydrogen-bond donors (Lipinski definition) is 0. The summed E-state index contributed by atoms with van der Waals surface area (Å²) in [5, 5.41) is 0. The summed E-state index contributed by atoms with van der Waals surface area (Å²) in [5.74, 6) is -5.50. The summed E-state index contributed by atoms with van der Waals surface area (Å²) < 4.78 is 54.0. The Morgan fingerprint density at radius 2 is 1.47 bits per heavy atom. The molecule has 0 aromatic heterocycles. The maximum atomic E-state index is 13.8.